The Morgan fingerprint density at radius 1 is 1.50 bits per heavy atom. The number of thiocarbonyl (C=S) groups is 1. The summed E-state index contributed by atoms with van der Waals surface area (Å²) in [5.41, 5.74) is 7.01. The molecule has 0 aliphatic heterocycles. The van der Waals surface area contributed by atoms with Crippen LogP contribution in [0.3, 0.4) is 0 Å². The molecule has 2 N–H and O–H groups in total. The molecule has 0 saturated carbocycles. The molecule has 0 saturated heterocycles. The van der Waals surface area contributed by atoms with Gasteiger partial charge in [-0.2, -0.15) is 0 Å². The highest BCUT2D eigenvalue weighted by atomic mass is 35.5. The number of hydrogen-bond donors (Lipinski definition) is 1. The third-order valence-corrected chi connectivity index (χ3v) is 3.09. The van der Waals surface area contributed by atoms with Gasteiger partial charge < -0.3 is 10.6 Å². The topological polar surface area (TPSA) is 46.3 Å². The fourth-order valence-corrected chi connectivity index (χ4v) is 1.94. The van der Waals surface area contributed by atoms with E-state index in [-0.39, 0.29) is 5.91 Å². The van der Waals surface area contributed by atoms with Gasteiger partial charge in [0.15, 0.2) is 0 Å². The Morgan fingerprint density at radius 2 is 2.17 bits per heavy atom. The number of carbonyl (C=O) groups is 1. The molecule has 1 aromatic rings. The lowest BCUT2D eigenvalue weighted by atomic mass is 10.1. The van der Waals surface area contributed by atoms with Gasteiger partial charge in [0.25, 0.3) is 5.91 Å². The summed E-state index contributed by atoms with van der Waals surface area (Å²) in [6, 6.07) is 5.24. The first-order valence-corrected chi connectivity index (χ1v) is 6.58. The van der Waals surface area contributed by atoms with Crippen LogP contribution in [0.2, 0.25) is 5.02 Å². The molecular weight excluding hydrogens is 268 g/mol. The number of carbonyl (C=O) groups excluding carboxylic acids is 1. The number of amides is 1. The quantitative estimate of drug-likeness (QED) is 0.846. The molecule has 3 nitrogen and oxygen atoms in total. The molecule has 0 atom stereocenters. The lowest BCUT2D eigenvalue weighted by Gasteiger charge is -2.21. The van der Waals surface area contributed by atoms with Crippen LogP contribution in [-0.2, 0) is 0 Å². The molecule has 18 heavy (non-hydrogen) atoms. The zero-order valence-corrected chi connectivity index (χ0v) is 12.1. The van der Waals surface area contributed by atoms with Crippen LogP contribution in [0.5, 0.6) is 0 Å². The summed E-state index contributed by atoms with van der Waals surface area (Å²) in [7, 11) is 0. The summed E-state index contributed by atoms with van der Waals surface area (Å²) in [5.74, 6) is -0.0654. The van der Waals surface area contributed by atoms with Gasteiger partial charge >= 0.3 is 0 Å². The van der Waals surface area contributed by atoms with Gasteiger partial charge in [0.05, 0.1) is 11.5 Å². The fourth-order valence-electron chi connectivity index (χ4n) is 1.67. The molecule has 0 bridgehead atoms. The maximum Gasteiger partial charge on any atom is 0.254 e. The summed E-state index contributed by atoms with van der Waals surface area (Å²) >= 11 is 10.8. The molecule has 0 aliphatic rings. The molecule has 98 valence electrons. The largest absolute Gasteiger partial charge is 0.392 e. The molecule has 0 spiro atoms. The Morgan fingerprint density at radius 3 is 2.67 bits per heavy atom. The number of benzene rings is 1. The average molecular weight is 285 g/mol. The first kappa shape index (κ1) is 14.9. The van der Waals surface area contributed by atoms with Crippen molar-refractivity contribution in [3.05, 3.63) is 34.3 Å². The number of nitrogens with zero attached hydrogens (tertiary/aromatic N) is 1. The summed E-state index contributed by atoms with van der Waals surface area (Å²) in [6.07, 6.45) is 0.862. The average Bonchev–Trinajstić information content (AvgIpc) is 2.31. The molecule has 0 unspecified atom stereocenters. The van der Waals surface area contributed by atoms with Crippen molar-refractivity contribution in [3.8, 4) is 0 Å². The molecule has 1 amide bonds. The molecule has 0 heterocycles. The van der Waals surface area contributed by atoms with Crippen LogP contribution < -0.4 is 5.73 Å². The summed E-state index contributed by atoms with van der Waals surface area (Å²) in [5, 5.41) is 0.655. The Kier molecular flexibility index (Phi) is 5.56. The number of hydrogen-bond acceptors (Lipinski definition) is 2. The number of nitrogens with two attached hydrogens (primary N) is 1. The van der Waals surface area contributed by atoms with E-state index in [2.05, 4.69) is 0 Å². The Hall–Kier alpha value is -1.13. The highest BCUT2D eigenvalue weighted by Crippen LogP contribution is 2.17. The third kappa shape index (κ3) is 3.96. The lowest BCUT2D eigenvalue weighted by molar-refractivity contribution is 0.0780. The van der Waals surface area contributed by atoms with E-state index < -0.39 is 0 Å². The third-order valence-electron chi connectivity index (χ3n) is 2.53. The summed E-state index contributed by atoms with van der Waals surface area (Å²) < 4.78 is 0. The van der Waals surface area contributed by atoms with E-state index in [1.54, 1.807) is 23.1 Å². The number of halogens is 1. The SMILES string of the molecule is CCCN(CC(N)=S)C(=O)c1ccc(Cl)c(C)c1. The second kappa shape index (κ2) is 6.71. The zero-order chi connectivity index (χ0) is 13.7. The van der Waals surface area contributed by atoms with Crippen LogP contribution in [0.4, 0.5) is 0 Å². The van der Waals surface area contributed by atoms with Crippen molar-refractivity contribution >= 4 is 34.7 Å². The van der Waals surface area contributed by atoms with Crippen molar-refractivity contribution < 1.29 is 4.79 Å². The Labute approximate surface area is 118 Å². The van der Waals surface area contributed by atoms with E-state index in [4.69, 9.17) is 29.6 Å². The second-order valence-electron chi connectivity index (χ2n) is 4.16. The van der Waals surface area contributed by atoms with E-state index >= 15 is 0 Å². The normalized spacial score (nSPS) is 10.2. The standard InChI is InChI=1S/C13H17ClN2OS/c1-3-6-16(8-12(15)18)13(17)10-4-5-11(14)9(2)7-10/h4-5,7H,3,6,8H2,1-2H3,(H2,15,18). The smallest absolute Gasteiger partial charge is 0.254 e. The van der Waals surface area contributed by atoms with E-state index in [9.17, 15) is 4.79 Å². The maximum absolute atomic E-state index is 12.3. The Balaban J connectivity index is 2.93. The van der Waals surface area contributed by atoms with Crippen molar-refractivity contribution in [3.63, 3.8) is 0 Å². The monoisotopic (exact) mass is 284 g/mol. The molecule has 0 aliphatic carbocycles. The van der Waals surface area contributed by atoms with Gasteiger partial charge in [0, 0.05) is 17.1 Å². The van der Waals surface area contributed by atoms with E-state index in [1.165, 1.54) is 0 Å². The first-order chi connectivity index (χ1) is 8.45. The summed E-state index contributed by atoms with van der Waals surface area (Å²) in [6.45, 7) is 4.82. The van der Waals surface area contributed by atoms with Crippen LogP contribution in [0, 0.1) is 6.92 Å². The van der Waals surface area contributed by atoms with E-state index in [1.807, 2.05) is 13.8 Å². The van der Waals surface area contributed by atoms with Gasteiger partial charge in [0.2, 0.25) is 0 Å². The van der Waals surface area contributed by atoms with Crippen LogP contribution >= 0.6 is 23.8 Å². The van der Waals surface area contributed by atoms with Gasteiger partial charge in [0.1, 0.15) is 0 Å². The minimum Gasteiger partial charge on any atom is -0.392 e. The molecule has 1 rings (SSSR count). The van der Waals surface area contributed by atoms with Crippen molar-refractivity contribution in [2.75, 3.05) is 13.1 Å². The van der Waals surface area contributed by atoms with E-state index in [0.717, 1.165) is 12.0 Å². The van der Waals surface area contributed by atoms with Gasteiger partial charge in [-0.25, -0.2) is 0 Å². The van der Waals surface area contributed by atoms with Crippen molar-refractivity contribution in [1.82, 2.24) is 4.90 Å². The highest BCUT2D eigenvalue weighted by Gasteiger charge is 2.16. The molecule has 0 fully saturated rings. The van der Waals surface area contributed by atoms with E-state index in [0.29, 0.717) is 28.7 Å². The van der Waals surface area contributed by atoms with Gasteiger partial charge in [-0.15, -0.1) is 0 Å². The molecule has 5 heteroatoms. The Bertz CT molecular complexity index is 462. The number of rotatable bonds is 5. The van der Waals surface area contributed by atoms with Crippen molar-refractivity contribution in [2.24, 2.45) is 5.73 Å². The van der Waals surface area contributed by atoms with Crippen LogP contribution in [0.25, 0.3) is 0 Å². The predicted molar refractivity (Wildman–Crippen MR) is 79.2 cm³/mol. The molecule has 1 aromatic carbocycles. The summed E-state index contributed by atoms with van der Waals surface area (Å²) in [4.78, 5) is 14.3. The molecule has 0 aromatic heterocycles. The zero-order valence-electron chi connectivity index (χ0n) is 10.6. The van der Waals surface area contributed by atoms with Gasteiger partial charge in [-0.1, -0.05) is 30.7 Å². The first-order valence-electron chi connectivity index (χ1n) is 5.79. The minimum atomic E-state index is -0.0654. The van der Waals surface area contributed by atoms with Crippen molar-refractivity contribution in [1.29, 1.82) is 0 Å². The predicted octanol–water partition coefficient (Wildman–Crippen LogP) is 2.79. The van der Waals surface area contributed by atoms with Gasteiger partial charge in [-0.3, -0.25) is 4.79 Å². The highest BCUT2D eigenvalue weighted by molar-refractivity contribution is 7.80. The van der Waals surface area contributed by atoms with Crippen molar-refractivity contribution in [2.45, 2.75) is 20.3 Å². The lowest BCUT2D eigenvalue weighted by Crippen LogP contribution is -2.38. The van der Waals surface area contributed by atoms with Crippen LogP contribution in [0.15, 0.2) is 18.2 Å². The second-order valence-corrected chi connectivity index (χ2v) is 5.09. The molecular formula is C13H17ClN2OS. The molecule has 0 radical (unpaired) electrons. The van der Waals surface area contributed by atoms with Gasteiger partial charge in [-0.05, 0) is 37.1 Å². The van der Waals surface area contributed by atoms with Crippen LogP contribution in [0.1, 0.15) is 29.3 Å². The van der Waals surface area contributed by atoms with Crippen LogP contribution in [-0.4, -0.2) is 28.9 Å². The maximum atomic E-state index is 12.3. The minimum absolute atomic E-state index is 0.0654. The fraction of sp³-hybridized carbons (Fsp3) is 0.385. The number of aryl methyl sites for hydroxylation is 1.